The molecular formula is C43H39Cl2N3O7. The number of hydrogen-bond donors (Lipinski definition) is 3. The molecule has 6 atom stereocenters. The standard InChI is InChI=1S/C43H39Cl2N3O7/c1-22-18-25(19-23(2)38(22)50)37-30-13-14-31-36(41(53)47(39(31)51)17-16-24-4-9-28(49)10-5-24)32(30)21-33-40(52)48(46-35-15-8-27(44)20-34(35)45)42(54)43(33,37)26-6-11-29(55-3)12-7-26/h4-13,15,18-20,31-33,36-37,46,49-50H,14,16-17,21H2,1-3H3/t31-,32+,33-,36-,37-,43+/m0/s1. The number of anilines is 1. The van der Waals surface area contributed by atoms with Gasteiger partial charge in [-0.2, -0.15) is 5.01 Å². The quantitative estimate of drug-likeness (QED) is 0.126. The van der Waals surface area contributed by atoms with Crippen LogP contribution in [0.2, 0.25) is 10.0 Å². The van der Waals surface area contributed by atoms with Crippen LogP contribution < -0.4 is 10.2 Å². The van der Waals surface area contributed by atoms with Crippen LogP contribution in [-0.4, -0.2) is 57.4 Å². The van der Waals surface area contributed by atoms with Crippen molar-refractivity contribution in [2.24, 2.45) is 23.7 Å². The predicted molar refractivity (Wildman–Crippen MR) is 207 cm³/mol. The molecule has 4 aromatic rings. The molecule has 8 rings (SSSR count). The van der Waals surface area contributed by atoms with Crippen molar-refractivity contribution in [2.75, 3.05) is 19.1 Å². The van der Waals surface area contributed by atoms with E-state index >= 15 is 4.79 Å². The first-order chi connectivity index (χ1) is 26.3. The lowest BCUT2D eigenvalue weighted by atomic mass is 9.49. The highest BCUT2D eigenvalue weighted by molar-refractivity contribution is 6.36. The third-order valence-corrected chi connectivity index (χ3v) is 12.6. The number of nitrogens with zero attached hydrogens (tertiary/aromatic N) is 2. The lowest BCUT2D eigenvalue weighted by Crippen LogP contribution is -2.53. The largest absolute Gasteiger partial charge is 0.508 e. The summed E-state index contributed by atoms with van der Waals surface area (Å²) in [5, 5.41) is 22.3. The maximum Gasteiger partial charge on any atom is 0.260 e. The molecule has 0 spiro atoms. The van der Waals surface area contributed by atoms with Gasteiger partial charge in [-0.05, 0) is 109 Å². The van der Waals surface area contributed by atoms with Crippen LogP contribution in [0, 0.1) is 37.5 Å². The van der Waals surface area contributed by atoms with E-state index in [1.165, 1.54) is 11.0 Å². The van der Waals surface area contributed by atoms with Crippen molar-refractivity contribution in [3.8, 4) is 17.2 Å². The van der Waals surface area contributed by atoms with Crippen LogP contribution in [0.15, 0.2) is 90.5 Å². The number of phenolic OH excluding ortho intramolecular Hbond substituents is 2. The molecule has 55 heavy (non-hydrogen) atoms. The Bertz CT molecular complexity index is 2270. The number of imide groups is 2. The molecule has 0 radical (unpaired) electrons. The fraction of sp³-hybridized carbons (Fsp3) is 0.302. The highest BCUT2D eigenvalue weighted by Gasteiger charge is 2.70. The number of carbonyl (C=O) groups is 4. The summed E-state index contributed by atoms with van der Waals surface area (Å²) in [6.45, 7) is 3.75. The van der Waals surface area contributed by atoms with Gasteiger partial charge in [0.1, 0.15) is 17.2 Å². The summed E-state index contributed by atoms with van der Waals surface area (Å²) in [6, 6.07) is 22.2. The van der Waals surface area contributed by atoms with E-state index in [1.807, 2.05) is 30.3 Å². The molecular weight excluding hydrogens is 741 g/mol. The zero-order valence-electron chi connectivity index (χ0n) is 30.4. The normalized spacial score (nSPS) is 25.8. The van der Waals surface area contributed by atoms with Gasteiger partial charge in [0, 0.05) is 17.5 Å². The molecule has 1 saturated carbocycles. The molecule has 3 fully saturated rings. The topological polar surface area (TPSA) is 136 Å². The number of methoxy groups -OCH3 is 1. The Labute approximate surface area is 328 Å². The molecule has 2 aliphatic heterocycles. The zero-order valence-corrected chi connectivity index (χ0v) is 31.9. The Hall–Kier alpha value is -5.32. The molecule has 4 aromatic carbocycles. The number of benzene rings is 4. The van der Waals surface area contributed by atoms with Gasteiger partial charge in [-0.15, -0.1) is 0 Å². The van der Waals surface area contributed by atoms with Crippen molar-refractivity contribution in [2.45, 2.75) is 44.4 Å². The number of fused-ring (bicyclic) bond motifs is 4. The molecule has 2 aliphatic carbocycles. The van der Waals surface area contributed by atoms with Crippen LogP contribution in [0.4, 0.5) is 5.69 Å². The second kappa shape index (κ2) is 13.8. The Kier molecular flexibility index (Phi) is 9.17. The number of hydrazine groups is 1. The average molecular weight is 781 g/mol. The van der Waals surface area contributed by atoms with E-state index in [9.17, 15) is 24.6 Å². The smallest absolute Gasteiger partial charge is 0.260 e. The van der Waals surface area contributed by atoms with Gasteiger partial charge in [0.2, 0.25) is 11.8 Å². The van der Waals surface area contributed by atoms with Crippen molar-refractivity contribution in [3.63, 3.8) is 0 Å². The van der Waals surface area contributed by atoms with E-state index in [0.717, 1.165) is 16.1 Å². The molecule has 2 heterocycles. The van der Waals surface area contributed by atoms with Crippen LogP contribution in [0.5, 0.6) is 17.2 Å². The SMILES string of the molecule is COc1ccc([C@@]23C(=O)N(Nc4ccc(Cl)cc4Cl)C(=O)[C@@H]2C[C@@H]2C(=CC[C@@H]4C(=O)N(CCc5ccc(O)cc5)C(=O)[C@@H]42)[C@@H]3c2cc(C)c(O)c(C)c2)cc1. The molecule has 2 saturated heterocycles. The van der Waals surface area contributed by atoms with Crippen molar-refractivity contribution < 1.29 is 34.1 Å². The predicted octanol–water partition coefficient (Wildman–Crippen LogP) is 7.26. The molecule has 3 N–H and O–H groups in total. The molecule has 282 valence electrons. The first kappa shape index (κ1) is 36.6. The fourth-order valence-electron chi connectivity index (χ4n) is 9.56. The van der Waals surface area contributed by atoms with E-state index in [4.69, 9.17) is 27.9 Å². The summed E-state index contributed by atoms with van der Waals surface area (Å²) >= 11 is 12.7. The summed E-state index contributed by atoms with van der Waals surface area (Å²) in [4.78, 5) is 60.3. The Morgan fingerprint density at radius 3 is 2.20 bits per heavy atom. The molecule has 0 aromatic heterocycles. The fourth-order valence-corrected chi connectivity index (χ4v) is 10.0. The number of rotatable bonds is 8. The van der Waals surface area contributed by atoms with Crippen LogP contribution >= 0.6 is 23.2 Å². The van der Waals surface area contributed by atoms with Crippen molar-refractivity contribution in [1.82, 2.24) is 9.91 Å². The summed E-state index contributed by atoms with van der Waals surface area (Å²) in [5.41, 5.74) is 5.98. The third-order valence-electron chi connectivity index (χ3n) is 12.1. The Balaban J connectivity index is 1.28. The van der Waals surface area contributed by atoms with E-state index in [1.54, 1.807) is 69.5 Å². The average Bonchev–Trinajstić information content (AvgIpc) is 3.54. The highest BCUT2D eigenvalue weighted by Crippen LogP contribution is 2.64. The summed E-state index contributed by atoms with van der Waals surface area (Å²) < 4.78 is 5.49. The molecule has 10 nitrogen and oxygen atoms in total. The Morgan fingerprint density at radius 2 is 1.55 bits per heavy atom. The van der Waals surface area contributed by atoms with Gasteiger partial charge in [0.25, 0.3) is 11.8 Å². The molecule has 4 amide bonds. The van der Waals surface area contributed by atoms with Crippen molar-refractivity contribution in [1.29, 1.82) is 0 Å². The first-order valence-corrected chi connectivity index (χ1v) is 19.0. The maximum atomic E-state index is 15.5. The number of aryl methyl sites for hydroxylation is 2. The number of halogens is 2. The number of allylic oxidation sites excluding steroid dienone is 2. The number of amides is 4. The third kappa shape index (κ3) is 5.76. The van der Waals surface area contributed by atoms with Crippen molar-refractivity contribution >= 4 is 52.5 Å². The van der Waals surface area contributed by atoms with Gasteiger partial charge in [0.15, 0.2) is 0 Å². The minimum atomic E-state index is -1.51. The summed E-state index contributed by atoms with van der Waals surface area (Å²) in [7, 11) is 1.55. The van der Waals surface area contributed by atoms with Gasteiger partial charge < -0.3 is 14.9 Å². The summed E-state index contributed by atoms with van der Waals surface area (Å²) in [5.74, 6) is -4.35. The number of aromatic hydroxyl groups is 2. The van der Waals surface area contributed by atoms with Gasteiger partial charge in [-0.3, -0.25) is 29.5 Å². The van der Waals surface area contributed by atoms with E-state index in [0.29, 0.717) is 45.1 Å². The van der Waals surface area contributed by atoms with Gasteiger partial charge in [-0.1, -0.05) is 71.2 Å². The Morgan fingerprint density at radius 1 is 0.855 bits per heavy atom. The summed E-state index contributed by atoms with van der Waals surface area (Å²) in [6.07, 6.45) is 2.85. The zero-order chi connectivity index (χ0) is 38.9. The monoisotopic (exact) mass is 779 g/mol. The van der Waals surface area contributed by atoms with Gasteiger partial charge in [-0.25, -0.2) is 0 Å². The van der Waals surface area contributed by atoms with E-state index in [-0.39, 0.29) is 47.7 Å². The minimum Gasteiger partial charge on any atom is -0.508 e. The number of carbonyl (C=O) groups excluding carboxylic acids is 4. The molecule has 4 aliphatic rings. The highest BCUT2D eigenvalue weighted by atomic mass is 35.5. The first-order valence-electron chi connectivity index (χ1n) is 18.2. The van der Waals surface area contributed by atoms with Crippen LogP contribution in [-0.2, 0) is 31.0 Å². The number of nitrogens with one attached hydrogen (secondary N) is 1. The number of likely N-dealkylation sites (tertiary alicyclic amines) is 1. The van der Waals surface area contributed by atoms with E-state index < -0.39 is 46.8 Å². The van der Waals surface area contributed by atoms with Crippen LogP contribution in [0.1, 0.15) is 46.6 Å². The molecule has 12 heteroatoms. The lowest BCUT2D eigenvalue weighted by Gasteiger charge is -2.50. The number of hydrogen-bond acceptors (Lipinski definition) is 8. The van der Waals surface area contributed by atoms with Crippen molar-refractivity contribution in [3.05, 3.63) is 128 Å². The van der Waals surface area contributed by atoms with Gasteiger partial charge in [0.05, 0.1) is 41.0 Å². The second-order valence-electron chi connectivity index (χ2n) is 15.0. The lowest BCUT2D eigenvalue weighted by molar-refractivity contribution is -0.141. The molecule has 0 unspecified atom stereocenters. The van der Waals surface area contributed by atoms with Crippen LogP contribution in [0.25, 0.3) is 0 Å². The number of phenols is 2. The number of ether oxygens (including phenoxy) is 1. The van der Waals surface area contributed by atoms with Crippen LogP contribution in [0.3, 0.4) is 0 Å². The minimum absolute atomic E-state index is 0.124. The van der Waals surface area contributed by atoms with E-state index in [2.05, 4.69) is 5.43 Å². The van der Waals surface area contributed by atoms with Gasteiger partial charge >= 0.3 is 0 Å². The maximum absolute atomic E-state index is 15.5. The second-order valence-corrected chi connectivity index (χ2v) is 15.8. The molecule has 0 bridgehead atoms.